The minimum Gasteiger partial charge on any atom is -0.548 e. The maximum Gasteiger partial charge on any atom is 0.273 e. The molecule has 0 N–H and O–H groups in total. The summed E-state index contributed by atoms with van der Waals surface area (Å²) in [6.45, 7) is 5.27. The summed E-state index contributed by atoms with van der Waals surface area (Å²) >= 11 is 0. The van der Waals surface area contributed by atoms with Gasteiger partial charge in [0.1, 0.15) is 0 Å². The lowest BCUT2D eigenvalue weighted by Gasteiger charge is -2.04. The van der Waals surface area contributed by atoms with Gasteiger partial charge in [0.15, 0.2) is 0 Å². The van der Waals surface area contributed by atoms with Crippen LogP contribution in [0, 0.1) is 0 Å². The van der Waals surface area contributed by atoms with Gasteiger partial charge < -0.3 is 4.43 Å². The third-order valence-corrected chi connectivity index (χ3v) is 2.45. The third kappa shape index (κ3) is 4.27. The molecule has 8 heavy (non-hydrogen) atoms. The summed E-state index contributed by atoms with van der Waals surface area (Å²) in [6, 6.07) is 0. The van der Waals surface area contributed by atoms with Crippen molar-refractivity contribution in [3.8, 4) is 0 Å². The Morgan fingerprint density at radius 3 is 2.75 bits per heavy atom. The largest absolute Gasteiger partial charge is 0.548 e. The van der Waals surface area contributed by atoms with E-state index < -0.39 is 0 Å². The molecular formula is C5H11OSi2. The van der Waals surface area contributed by atoms with E-state index in [1.54, 1.807) is 0 Å². The Bertz CT molecular complexity index is 65.4. The second-order valence-electron chi connectivity index (χ2n) is 1.65. The zero-order chi connectivity index (χ0) is 6.41. The Labute approximate surface area is 55.8 Å². The minimum atomic E-state index is 0.408. The molecule has 0 saturated carbocycles. The van der Waals surface area contributed by atoms with Gasteiger partial charge in [-0.25, -0.2) is 0 Å². The Morgan fingerprint density at radius 2 is 2.38 bits per heavy atom. The van der Waals surface area contributed by atoms with Crippen molar-refractivity contribution < 1.29 is 4.43 Å². The van der Waals surface area contributed by atoms with Gasteiger partial charge in [-0.05, 0) is 5.54 Å². The molecule has 0 aliphatic rings. The zero-order valence-electron chi connectivity index (χ0n) is 5.40. The molecule has 0 aromatic rings. The monoisotopic (exact) mass is 143 g/mol. The van der Waals surface area contributed by atoms with Crippen molar-refractivity contribution in [1.82, 2.24) is 0 Å². The van der Waals surface area contributed by atoms with E-state index in [4.69, 9.17) is 4.43 Å². The standard InChI is InChI=1S/C5H11OSi2/c1-5(7-2)4-6-8-3/h5H,3-4H2,1-2H3. The van der Waals surface area contributed by atoms with Gasteiger partial charge in [-0.1, -0.05) is 19.6 Å². The highest BCUT2D eigenvalue weighted by Gasteiger charge is 1.95. The van der Waals surface area contributed by atoms with Gasteiger partial charge in [0.2, 0.25) is 0 Å². The van der Waals surface area contributed by atoms with E-state index in [1.807, 2.05) is 0 Å². The van der Waals surface area contributed by atoms with Crippen LogP contribution >= 0.6 is 0 Å². The maximum atomic E-state index is 5.11. The molecule has 0 heterocycles. The Balaban J connectivity index is 2.97. The lowest BCUT2D eigenvalue weighted by molar-refractivity contribution is 0.346. The van der Waals surface area contributed by atoms with Gasteiger partial charge in [0.25, 0.3) is 9.38 Å². The SMILES string of the molecule is C=[Si]OCC(C)[Si]C. The predicted molar refractivity (Wildman–Crippen MR) is 39.9 cm³/mol. The van der Waals surface area contributed by atoms with Crippen LogP contribution in [0.2, 0.25) is 12.1 Å². The smallest absolute Gasteiger partial charge is 0.273 e. The van der Waals surface area contributed by atoms with E-state index in [1.165, 1.54) is 0 Å². The van der Waals surface area contributed by atoms with Crippen molar-refractivity contribution in [3.63, 3.8) is 0 Å². The molecule has 0 saturated heterocycles. The van der Waals surface area contributed by atoms with Crippen molar-refractivity contribution >= 4 is 25.1 Å². The fourth-order valence-electron chi connectivity index (χ4n) is 0.267. The van der Waals surface area contributed by atoms with Crippen LogP contribution in [0.4, 0.5) is 0 Å². The van der Waals surface area contributed by atoms with E-state index in [-0.39, 0.29) is 0 Å². The lowest BCUT2D eigenvalue weighted by atomic mass is 10.5. The highest BCUT2D eigenvalue weighted by molar-refractivity contribution is 6.36. The van der Waals surface area contributed by atoms with Crippen LogP contribution in [0.5, 0.6) is 0 Å². The first-order chi connectivity index (χ1) is 3.81. The first-order valence-electron chi connectivity index (χ1n) is 2.62. The molecule has 3 heteroatoms. The summed E-state index contributed by atoms with van der Waals surface area (Å²) in [6.07, 6.45) is 3.60. The van der Waals surface area contributed by atoms with Gasteiger partial charge in [0, 0.05) is 9.52 Å². The topological polar surface area (TPSA) is 9.23 Å². The molecule has 1 atom stereocenters. The first-order valence-corrected chi connectivity index (χ1v) is 5.31. The average Bonchev–Trinajstić information content (AvgIpc) is 1.83. The summed E-state index contributed by atoms with van der Waals surface area (Å²) in [5.74, 6) is 0. The Morgan fingerprint density at radius 1 is 1.75 bits per heavy atom. The van der Waals surface area contributed by atoms with E-state index in [0.717, 1.165) is 21.7 Å². The normalized spacial score (nSPS) is 12.8. The van der Waals surface area contributed by atoms with Crippen LogP contribution in [0.1, 0.15) is 6.92 Å². The fraction of sp³-hybridized carbons (Fsp3) is 0.800. The van der Waals surface area contributed by atoms with Crippen LogP contribution < -0.4 is 0 Å². The molecule has 0 spiro atoms. The summed E-state index contributed by atoms with van der Waals surface area (Å²) in [5, 5.41) is 0. The molecule has 0 aromatic heterocycles. The molecule has 0 aromatic carbocycles. The van der Waals surface area contributed by atoms with Crippen LogP contribution in [-0.2, 0) is 4.43 Å². The molecule has 0 amide bonds. The number of rotatable bonds is 4. The first kappa shape index (κ1) is 8.10. The molecule has 45 valence electrons. The van der Waals surface area contributed by atoms with Crippen molar-refractivity contribution in [3.05, 3.63) is 0 Å². The van der Waals surface area contributed by atoms with Crippen molar-refractivity contribution in [2.45, 2.75) is 19.0 Å². The predicted octanol–water partition coefficient (Wildman–Crippen LogP) is 0.615. The van der Waals surface area contributed by atoms with Crippen LogP contribution in [0.3, 0.4) is 0 Å². The molecule has 1 unspecified atom stereocenters. The van der Waals surface area contributed by atoms with E-state index >= 15 is 0 Å². The molecule has 0 bridgehead atoms. The molecule has 0 rings (SSSR count). The zero-order valence-corrected chi connectivity index (χ0v) is 7.40. The van der Waals surface area contributed by atoms with Gasteiger partial charge in [-0.2, -0.15) is 0 Å². The minimum absolute atomic E-state index is 0.408. The number of hydrogen-bond donors (Lipinski definition) is 0. The Kier molecular flexibility index (Phi) is 5.31. The molecule has 0 aliphatic heterocycles. The summed E-state index contributed by atoms with van der Waals surface area (Å²) in [5.41, 5.74) is 0.726. The average molecular weight is 143 g/mol. The third-order valence-electron chi connectivity index (χ3n) is 0.928. The Hall–Kier alpha value is 0.104. The second kappa shape index (κ2) is 5.24. The lowest BCUT2D eigenvalue weighted by Crippen LogP contribution is -2.04. The highest BCUT2D eigenvalue weighted by Crippen LogP contribution is 1.98. The quantitative estimate of drug-likeness (QED) is 0.524. The van der Waals surface area contributed by atoms with Crippen LogP contribution in [0.25, 0.3) is 0 Å². The van der Waals surface area contributed by atoms with Crippen LogP contribution in [0.15, 0.2) is 0 Å². The van der Waals surface area contributed by atoms with E-state index in [2.05, 4.69) is 19.6 Å². The van der Waals surface area contributed by atoms with E-state index in [9.17, 15) is 0 Å². The fourth-order valence-corrected chi connectivity index (χ4v) is 1.05. The maximum absolute atomic E-state index is 5.11. The summed E-state index contributed by atoms with van der Waals surface area (Å²) in [7, 11) is 1.40. The van der Waals surface area contributed by atoms with Gasteiger partial charge in [-0.15, -0.1) is 0 Å². The van der Waals surface area contributed by atoms with Gasteiger partial charge in [0.05, 0.1) is 6.61 Å². The second-order valence-corrected chi connectivity index (χ2v) is 3.79. The van der Waals surface area contributed by atoms with Crippen molar-refractivity contribution in [2.75, 3.05) is 6.61 Å². The molecule has 3 radical (unpaired) electrons. The van der Waals surface area contributed by atoms with E-state index in [0.29, 0.717) is 9.38 Å². The van der Waals surface area contributed by atoms with Crippen molar-refractivity contribution in [2.24, 2.45) is 0 Å². The van der Waals surface area contributed by atoms with Gasteiger partial charge in [-0.3, -0.25) is 0 Å². The molecule has 0 fully saturated rings. The molecule has 1 nitrogen and oxygen atoms in total. The molecule has 0 aliphatic carbocycles. The summed E-state index contributed by atoms with van der Waals surface area (Å²) in [4.78, 5) is 0. The highest BCUT2D eigenvalue weighted by atomic mass is 28.2. The van der Waals surface area contributed by atoms with Crippen molar-refractivity contribution in [1.29, 1.82) is 0 Å². The molecular weight excluding hydrogens is 132 g/mol. The number of hydrogen-bond acceptors (Lipinski definition) is 1. The van der Waals surface area contributed by atoms with Crippen LogP contribution in [-0.4, -0.2) is 31.7 Å². The summed E-state index contributed by atoms with van der Waals surface area (Å²) < 4.78 is 5.11. The van der Waals surface area contributed by atoms with Gasteiger partial charge >= 0.3 is 0 Å².